The largest absolute Gasteiger partial charge is 0.477 e. The van der Waals surface area contributed by atoms with E-state index in [0.717, 1.165) is 19.3 Å². The van der Waals surface area contributed by atoms with E-state index in [2.05, 4.69) is 19.1 Å². The first-order valence-electron chi connectivity index (χ1n) is 16.9. The lowest BCUT2D eigenvalue weighted by Gasteiger charge is -2.50. The van der Waals surface area contributed by atoms with Crippen LogP contribution in [0, 0.1) is 0 Å². The van der Waals surface area contributed by atoms with Crippen molar-refractivity contribution < 1.29 is 34.2 Å². The summed E-state index contributed by atoms with van der Waals surface area (Å²) >= 11 is 0. The minimum Gasteiger partial charge on any atom is -0.477 e. The summed E-state index contributed by atoms with van der Waals surface area (Å²) in [6, 6.07) is -3.18. The number of unbranched alkanes of at least 4 members (excludes halogenated alkanes) is 13. The van der Waals surface area contributed by atoms with Gasteiger partial charge in [0.25, 0.3) is 0 Å². The average molecular weight is 583 g/mol. The molecule has 0 amide bonds. The average Bonchev–Trinajstić information content (AvgIpc) is 2.93. The summed E-state index contributed by atoms with van der Waals surface area (Å²) in [6.07, 6.45) is 24.7. The zero-order chi connectivity index (χ0) is 30.9. The van der Waals surface area contributed by atoms with Crippen LogP contribution < -0.4 is 0 Å². The summed E-state index contributed by atoms with van der Waals surface area (Å²) in [5.41, 5.74) is 0. The molecule has 3 atom stereocenters. The van der Waals surface area contributed by atoms with Gasteiger partial charge in [0.15, 0.2) is 18.1 Å². The van der Waals surface area contributed by atoms with E-state index in [4.69, 9.17) is 0 Å². The van der Waals surface area contributed by atoms with Crippen molar-refractivity contribution in [2.24, 2.45) is 0 Å². The predicted octanol–water partition coefficient (Wildman–Crippen LogP) is 8.99. The van der Waals surface area contributed by atoms with Gasteiger partial charge < -0.3 is 15.3 Å². The van der Waals surface area contributed by atoms with E-state index in [1.54, 1.807) is 0 Å². The Morgan fingerprint density at radius 2 is 0.805 bits per heavy atom. The van der Waals surface area contributed by atoms with E-state index in [1.807, 2.05) is 20.8 Å². The minimum absolute atomic E-state index is 0.247. The van der Waals surface area contributed by atoms with E-state index in [-0.39, 0.29) is 25.8 Å². The molecule has 7 nitrogen and oxygen atoms in total. The second-order valence-electron chi connectivity index (χ2n) is 11.9. The summed E-state index contributed by atoms with van der Waals surface area (Å²) in [4.78, 5) is 37.7. The molecule has 0 aromatic carbocycles. The van der Waals surface area contributed by atoms with Gasteiger partial charge in [0, 0.05) is 19.3 Å². The van der Waals surface area contributed by atoms with Crippen LogP contribution in [0.1, 0.15) is 163 Å². The molecule has 7 heteroatoms. The molecule has 3 N–H and O–H groups in total. The molecule has 0 saturated heterocycles. The van der Waals surface area contributed by atoms with Crippen molar-refractivity contribution in [2.45, 2.75) is 181 Å². The Bertz CT molecular complexity index is 662. The maximum Gasteiger partial charge on any atom is 0.362 e. The second kappa shape index (κ2) is 24.7. The third-order valence-corrected chi connectivity index (χ3v) is 8.59. The highest BCUT2D eigenvalue weighted by Crippen LogP contribution is 2.34. The van der Waals surface area contributed by atoms with E-state index in [0.29, 0.717) is 25.7 Å². The number of nitrogens with zero attached hydrogens (tertiary/aromatic N) is 1. The number of hydrogen-bond donors (Lipinski definition) is 3. The van der Waals surface area contributed by atoms with Crippen LogP contribution in [0.25, 0.3) is 0 Å². The van der Waals surface area contributed by atoms with Gasteiger partial charge in [-0.15, -0.1) is 0 Å². The van der Waals surface area contributed by atoms with E-state index in [1.165, 1.54) is 70.6 Å². The standard InChI is InChI=1S/C34H63NO6/c1-5-9-10-11-12-13-14-15-16-17-18-19-20-21-22-23-24-28-35(29(25-6-2)32(36)37,30(26-7-3)33(38)39)31(27-8-4)34(40)41/h20-21,29-31H,5-19,22-28H2,1-4H3,(H2-,36,37,38,39,40,41)/p+1/b21-20+. The summed E-state index contributed by atoms with van der Waals surface area (Å²) in [7, 11) is 0. The number of carboxylic acids is 3. The lowest BCUT2D eigenvalue weighted by atomic mass is 9.91. The quantitative estimate of drug-likeness (QED) is 0.0461. The Labute approximate surface area is 251 Å². The van der Waals surface area contributed by atoms with Crippen LogP contribution in [0.4, 0.5) is 0 Å². The van der Waals surface area contributed by atoms with Crippen LogP contribution in [0.3, 0.4) is 0 Å². The van der Waals surface area contributed by atoms with Gasteiger partial charge >= 0.3 is 17.9 Å². The normalized spacial score (nSPS) is 15.4. The predicted molar refractivity (Wildman–Crippen MR) is 168 cm³/mol. The first kappa shape index (κ1) is 39.1. The van der Waals surface area contributed by atoms with Crippen LogP contribution in [0.15, 0.2) is 12.2 Å². The smallest absolute Gasteiger partial charge is 0.362 e. The van der Waals surface area contributed by atoms with Gasteiger partial charge in [0.2, 0.25) is 0 Å². The Morgan fingerprint density at radius 1 is 0.488 bits per heavy atom. The third-order valence-electron chi connectivity index (χ3n) is 8.59. The Hall–Kier alpha value is -1.89. The van der Waals surface area contributed by atoms with Crippen molar-refractivity contribution in [2.75, 3.05) is 6.54 Å². The Kier molecular flexibility index (Phi) is 23.5. The van der Waals surface area contributed by atoms with Crippen LogP contribution in [-0.2, 0) is 14.4 Å². The highest BCUT2D eigenvalue weighted by atomic mass is 16.4. The third kappa shape index (κ3) is 15.2. The molecule has 0 aliphatic carbocycles. The fourth-order valence-corrected chi connectivity index (χ4v) is 6.46. The molecular weight excluding hydrogens is 518 g/mol. The van der Waals surface area contributed by atoms with E-state index < -0.39 is 40.5 Å². The van der Waals surface area contributed by atoms with Crippen molar-refractivity contribution in [3.63, 3.8) is 0 Å². The van der Waals surface area contributed by atoms with Gasteiger partial charge in [-0.25, -0.2) is 14.4 Å². The van der Waals surface area contributed by atoms with Gasteiger partial charge in [-0.1, -0.05) is 104 Å². The van der Waals surface area contributed by atoms with Crippen molar-refractivity contribution >= 4 is 17.9 Å². The number of allylic oxidation sites excluding steroid dienone is 2. The zero-order valence-electron chi connectivity index (χ0n) is 27.0. The SMILES string of the molecule is CCCCCCCCCCCCC/C=C/CCCC[N+](C(CCC)C(=O)O)(C(CCC)C(=O)O)C(CCC)C(=O)O. The van der Waals surface area contributed by atoms with Gasteiger partial charge in [0.1, 0.15) is 0 Å². The van der Waals surface area contributed by atoms with E-state index in [9.17, 15) is 29.7 Å². The molecule has 240 valence electrons. The molecule has 0 heterocycles. The summed E-state index contributed by atoms with van der Waals surface area (Å²) < 4.78 is -0.391. The molecule has 0 fully saturated rings. The zero-order valence-corrected chi connectivity index (χ0v) is 27.0. The molecule has 0 aromatic rings. The number of carbonyl (C=O) groups is 3. The maximum atomic E-state index is 12.6. The molecule has 0 rings (SSSR count). The minimum atomic E-state index is -1.09. The monoisotopic (exact) mass is 582 g/mol. The van der Waals surface area contributed by atoms with Gasteiger partial charge in [-0.2, -0.15) is 0 Å². The highest BCUT2D eigenvalue weighted by Gasteiger charge is 2.56. The summed E-state index contributed by atoms with van der Waals surface area (Å²) in [5, 5.41) is 30.8. The van der Waals surface area contributed by atoms with Crippen LogP contribution in [0.2, 0.25) is 0 Å². The molecule has 0 spiro atoms. The first-order valence-corrected chi connectivity index (χ1v) is 16.9. The molecule has 3 unspecified atom stereocenters. The lowest BCUT2D eigenvalue weighted by molar-refractivity contribution is -0.973. The molecule has 0 aliphatic rings. The van der Waals surface area contributed by atoms with Gasteiger partial charge in [0.05, 0.1) is 6.54 Å². The van der Waals surface area contributed by atoms with E-state index >= 15 is 0 Å². The Balaban J connectivity index is 5.08. The van der Waals surface area contributed by atoms with Crippen LogP contribution in [-0.4, -0.2) is 62.4 Å². The molecule has 0 saturated carbocycles. The molecule has 0 radical (unpaired) electrons. The molecule has 41 heavy (non-hydrogen) atoms. The fourth-order valence-electron chi connectivity index (χ4n) is 6.46. The number of aliphatic carboxylic acids is 3. The Morgan fingerprint density at radius 3 is 1.12 bits per heavy atom. The highest BCUT2D eigenvalue weighted by molar-refractivity contribution is 5.78. The number of quaternary nitrogens is 1. The summed E-state index contributed by atoms with van der Waals surface area (Å²) in [6.45, 7) is 8.12. The van der Waals surface area contributed by atoms with Crippen LogP contribution in [0.5, 0.6) is 0 Å². The molecular formula is C34H64NO6+. The number of hydrogen-bond acceptors (Lipinski definition) is 3. The van der Waals surface area contributed by atoms with Crippen molar-refractivity contribution in [1.82, 2.24) is 0 Å². The molecule has 0 bridgehead atoms. The van der Waals surface area contributed by atoms with Gasteiger partial charge in [-0.3, -0.25) is 4.48 Å². The molecule has 0 aliphatic heterocycles. The van der Waals surface area contributed by atoms with Crippen molar-refractivity contribution in [3.8, 4) is 0 Å². The van der Waals surface area contributed by atoms with Crippen molar-refractivity contribution in [3.05, 3.63) is 12.2 Å². The number of rotatable bonds is 29. The van der Waals surface area contributed by atoms with Crippen molar-refractivity contribution in [1.29, 1.82) is 0 Å². The lowest BCUT2D eigenvalue weighted by Crippen LogP contribution is -2.72. The maximum absolute atomic E-state index is 12.6. The summed E-state index contributed by atoms with van der Waals surface area (Å²) in [5.74, 6) is -3.28. The topological polar surface area (TPSA) is 112 Å². The second-order valence-corrected chi connectivity index (χ2v) is 11.9. The van der Waals surface area contributed by atoms with Gasteiger partial charge in [-0.05, 0) is 51.4 Å². The molecule has 0 aromatic heterocycles. The fraction of sp³-hybridized carbons (Fsp3) is 0.853. The first-order chi connectivity index (χ1) is 19.7. The number of carboxylic acid groups (broad SMARTS) is 3. The van der Waals surface area contributed by atoms with Crippen LogP contribution >= 0.6 is 0 Å².